The largest absolute Gasteiger partial charge is 0.347 e. The van der Waals surface area contributed by atoms with E-state index < -0.39 is 0 Å². The number of hydrogen-bond donors (Lipinski definition) is 2. The van der Waals surface area contributed by atoms with Crippen LogP contribution in [0.3, 0.4) is 0 Å². The molecular formula is C19H31N3O. The molecule has 0 bridgehead atoms. The maximum atomic E-state index is 12.5. The van der Waals surface area contributed by atoms with Gasteiger partial charge < -0.3 is 10.6 Å². The van der Waals surface area contributed by atoms with Crippen molar-refractivity contribution in [2.45, 2.75) is 53.0 Å². The van der Waals surface area contributed by atoms with E-state index in [0.717, 1.165) is 24.3 Å². The Morgan fingerprint density at radius 2 is 2.04 bits per heavy atom. The molecule has 0 aliphatic carbocycles. The molecule has 1 aromatic heterocycles. The van der Waals surface area contributed by atoms with Gasteiger partial charge in [0.1, 0.15) is 0 Å². The quantitative estimate of drug-likeness (QED) is 0.847. The topological polar surface area (TPSA) is 54.0 Å². The fraction of sp³-hybridized carbons (Fsp3) is 0.684. The minimum atomic E-state index is -0.0103. The SMILES string of the molecule is Cc1cccnc1C(NC(=O)CC(C)C1CCNCC1)C(C)C. The molecule has 4 heteroatoms. The van der Waals surface area contributed by atoms with Gasteiger partial charge >= 0.3 is 0 Å². The smallest absolute Gasteiger partial charge is 0.220 e. The standard InChI is InChI=1S/C19H31N3O/c1-13(2)18(19-14(3)6-5-9-21-19)22-17(23)12-15(4)16-7-10-20-11-8-16/h5-6,9,13,15-16,18,20H,7-8,10-12H2,1-4H3,(H,22,23). The number of hydrogen-bond acceptors (Lipinski definition) is 3. The number of nitrogens with one attached hydrogen (secondary N) is 2. The molecule has 1 aliphatic heterocycles. The third-order valence-corrected chi connectivity index (χ3v) is 5.02. The van der Waals surface area contributed by atoms with Crippen LogP contribution in [0.2, 0.25) is 0 Å². The lowest BCUT2D eigenvalue weighted by molar-refractivity contribution is -0.123. The number of aromatic nitrogens is 1. The molecule has 23 heavy (non-hydrogen) atoms. The fourth-order valence-electron chi connectivity index (χ4n) is 3.48. The van der Waals surface area contributed by atoms with E-state index in [1.807, 2.05) is 12.3 Å². The average Bonchev–Trinajstić information content (AvgIpc) is 2.54. The van der Waals surface area contributed by atoms with Crippen LogP contribution in [-0.2, 0) is 4.79 Å². The Hall–Kier alpha value is -1.42. The van der Waals surface area contributed by atoms with Crippen LogP contribution in [-0.4, -0.2) is 24.0 Å². The second kappa shape index (κ2) is 8.44. The van der Waals surface area contributed by atoms with Gasteiger partial charge in [0.25, 0.3) is 0 Å². The van der Waals surface area contributed by atoms with E-state index in [2.05, 4.69) is 49.4 Å². The Bertz CT molecular complexity index is 509. The van der Waals surface area contributed by atoms with E-state index in [-0.39, 0.29) is 11.9 Å². The third kappa shape index (κ3) is 5.03. The van der Waals surface area contributed by atoms with Crippen molar-refractivity contribution in [3.05, 3.63) is 29.6 Å². The molecule has 1 aromatic rings. The van der Waals surface area contributed by atoms with E-state index in [4.69, 9.17) is 0 Å². The zero-order valence-electron chi connectivity index (χ0n) is 14.9. The Morgan fingerprint density at radius 1 is 1.35 bits per heavy atom. The summed E-state index contributed by atoms with van der Waals surface area (Å²) in [5.74, 6) is 1.58. The van der Waals surface area contributed by atoms with Gasteiger partial charge in [-0.1, -0.05) is 26.8 Å². The minimum absolute atomic E-state index is 0.0103. The van der Waals surface area contributed by atoms with E-state index in [1.165, 1.54) is 12.8 Å². The third-order valence-electron chi connectivity index (χ3n) is 5.02. The molecule has 1 saturated heterocycles. The summed E-state index contributed by atoms with van der Waals surface area (Å²) in [4.78, 5) is 17.0. The van der Waals surface area contributed by atoms with Crippen LogP contribution in [0.4, 0.5) is 0 Å². The Morgan fingerprint density at radius 3 is 2.65 bits per heavy atom. The summed E-state index contributed by atoms with van der Waals surface area (Å²) in [6.07, 6.45) is 4.78. The lowest BCUT2D eigenvalue weighted by Crippen LogP contribution is -2.36. The lowest BCUT2D eigenvalue weighted by atomic mass is 9.84. The highest BCUT2D eigenvalue weighted by Gasteiger charge is 2.25. The van der Waals surface area contributed by atoms with E-state index in [0.29, 0.717) is 24.2 Å². The summed E-state index contributed by atoms with van der Waals surface area (Å²) >= 11 is 0. The van der Waals surface area contributed by atoms with Crippen LogP contribution in [0.1, 0.15) is 57.3 Å². The van der Waals surface area contributed by atoms with Crippen LogP contribution in [0.25, 0.3) is 0 Å². The first kappa shape index (κ1) is 17.9. The van der Waals surface area contributed by atoms with Crippen LogP contribution >= 0.6 is 0 Å². The number of rotatable bonds is 6. The van der Waals surface area contributed by atoms with Crippen molar-refractivity contribution in [1.82, 2.24) is 15.6 Å². The molecule has 0 radical (unpaired) electrons. The second-order valence-corrected chi connectivity index (χ2v) is 7.26. The van der Waals surface area contributed by atoms with E-state index >= 15 is 0 Å². The van der Waals surface area contributed by atoms with Crippen molar-refractivity contribution >= 4 is 5.91 Å². The van der Waals surface area contributed by atoms with Gasteiger partial charge in [0.2, 0.25) is 5.91 Å². The van der Waals surface area contributed by atoms with Crippen molar-refractivity contribution < 1.29 is 4.79 Å². The zero-order chi connectivity index (χ0) is 16.8. The van der Waals surface area contributed by atoms with Gasteiger partial charge in [-0.05, 0) is 62.2 Å². The van der Waals surface area contributed by atoms with E-state index in [1.54, 1.807) is 0 Å². The van der Waals surface area contributed by atoms with Crippen LogP contribution in [0, 0.1) is 24.7 Å². The van der Waals surface area contributed by atoms with E-state index in [9.17, 15) is 4.79 Å². The van der Waals surface area contributed by atoms with Crippen molar-refractivity contribution in [3.8, 4) is 0 Å². The summed E-state index contributed by atoms with van der Waals surface area (Å²) in [5.41, 5.74) is 2.13. The molecule has 0 spiro atoms. The maximum absolute atomic E-state index is 12.5. The average molecular weight is 317 g/mol. The second-order valence-electron chi connectivity index (χ2n) is 7.26. The number of carbonyl (C=O) groups excluding carboxylic acids is 1. The normalized spacial score (nSPS) is 18.7. The number of nitrogens with zero attached hydrogens (tertiary/aromatic N) is 1. The lowest BCUT2D eigenvalue weighted by Gasteiger charge is -2.29. The van der Waals surface area contributed by atoms with Crippen LogP contribution in [0.15, 0.2) is 18.3 Å². The predicted molar refractivity (Wildman–Crippen MR) is 94.1 cm³/mol. The number of piperidine rings is 1. The van der Waals surface area contributed by atoms with Crippen molar-refractivity contribution in [2.75, 3.05) is 13.1 Å². The first-order valence-corrected chi connectivity index (χ1v) is 8.90. The molecule has 1 aliphatic rings. The number of aryl methyl sites for hydroxylation is 1. The number of amides is 1. The summed E-state index contributed by atoms with van der Waals surface area (Å²) in [7, 11) is 0. The highest BCUT2D eigenvalue weighted by atomic mass is 16.1. The molecule has 4 nitrogen and oxygen atoms in total. The molecular weight excluding hydrogens is 286 g/mol. The number of pyridine rings is 1. The highest BCUT2D eigenvalue weighted by Crippen LogP contribution is 2.26. The molecule has 2 heterocycles. The monoisotopic (exact) mass is 317 g/mol. The highest BCUT2D eigenvalue weighted by molar-refractivity contribution is 5.76. The van der Waals surface area contributed by atoms with Gasteiger partial charge in [-0.2, -0.15) is 0 Å². The van der Waals surface area contributed by atoms with Crippen LogP contribution in [0.5, 0.6) is 0 Å². The summed E-state index contributed by atoms with van der Waals surface area (Å²) in [5, 5.41) is 6.62. The van der Waals surface area contributed by atoms with Gasteiger partial charge in [0.15, 0.2) is 0 Å². The Balaban J connectivity index is 1.97. The first-order valence-electron chi connectivity index (χ1n) is 8.90. The molecule has 1 amide bonds. The molecule has 0 aromatic carbocycles. The van der Waals surface area contributed by atoms with Crippen molar-refractivity contribution in [3.63, 3.8) is 0 Å². The molecule has 128 valence electrons. The number of carbonyl (C=O) groups is 1. The molecule has 0 saturated carbocycles. The maximum Gasteiger partial charge on any atom is 0.220 e. The zero-order valence-corrected chi connectivity index (χ0v) is 14.9. The van der Waals surface area contributed by atoms with Gasteiger partial charge in [0.05, 0.1) is 11.7 Å². The Kier molecular flexibility index (Phi) is 6.58. The fourth-order valence-corrected chi connectivity index (χ4v) is 3.48. The van der Waals surface area contributed by atoms with Crippen molar-refractivity contribution in [2.24, 2.45) is 17.8 Å². The van der Waals surface area contributed by atoms with Gasteiger partial charge in [-0.3, -0.25) is 9.78 Å². The summed E-state index contributed by atoms with van der Waals surface area (Å²) in [6, 6.07) is 3.99. The summed E-state index contributed by atoms with van der Waals surface area (Å²) < 4.78 is 0. The van der Waals surface area contributed by atoms with Gasteiger partial charge in [0, 0.05) is 12.6 Å². The molecule has 2 atom stereocenters. The predicted octanol–water partition coefficient (Wildman–Crippen LogP) is 3.23. The molecule has 2 rings (SSSR count). The minimum Gasteiger partial charge on any atom is -0.347 e. The van der Waals surface area contributed by atoms with Gasteiger partial charge in [-0.25, -0.2) is 0 Å². The molecule has 1 fully saturated rings. The summed E-state index contributed by atoms with van der Waals surface area (Å²) in [6.45, 7) is 10.7. The Labute approximate surface area is 140 Å². The van der Waals surface area contributed by atoms with Crippen LogP contribution < -0.4 is 10.6 Å². The first-order chi connectivity index (χ1) is 11.0. The molecule has 2 unspecified atom stereocenters. The van der Waals surface area contributed by atoms with Crippen molar-refractivity contribution in [1.29, 1.82) is 0 Å². The molecule has 2 N–H and O–H groups in total. The van der Waals surface area contributed by atoms with Gasteiger partial charge in [-0.15, -0.1) is 0 Å².